The molecule has 9 aromatic rings. The van der Waals surface area contributed by atoms with Crippen LogP contribution in [0.1, 0.15) is 17.8 Å². The predicted octanol–water partition coefficient (Wildman–Crippen LogP) is 12.0. The molecule has 43 heavy (non-hydrogen) atoms. The van der Waals surface area contributed by atoms with Crippen molar-refractivity contribution in [2.75, 3.05) is 0 Å². The Morgan fingerprint density at radius 3 is 1.72 bits per heavy atom. The predicted molar refractivity (Wildman–Crippen MR) is 183 cm³/mol. The fourth-order valence-electron chi connectivity index (χ4n) is 6.09. The highest BCUT2D eigenvalue weighted by Gasteiger charge is 2.21. The lowest BCUT2D eigenvalue weighted by molar-refractivity contribution is 0.669. The summed E-state index contributed by atoms with van der Waals surface area (Å²) in [5.41, 5.74) is 1.41. The van der Waals surface area contributed by atoms with E-state index < -0.39 is 60.4 Å². The standard InChI is InChI=1S/C42H26O/c1-2-13-27(14-3-1)29-25-28-15-4-5-16-30(28)37(26-29)41-33-19-8-6-17-31(33)40(32-18-7-9-20-34(32)41)36-22-12-24-39-42(36)35-21-10-11-23-38(35)43-39/h1-26H/i4D,5D,10D,11D,12D,15D,16D,21D,22D,23D,24D,25D,26D. The highest BCUT2D eigenvalue weighted by molar-refractivity contribution is 6.27. The van der Waals surface area contributed by atoms with Crippen molar-refractivity contribution < 1.29 is 22.2 Å². The van der Waals surface area contributed by atoms with Gasteiger partial charge >= 0.3 is 0 Å². The molecule has 9 rings (SSSR count). The van der Waals surface area contributed by atoms with Crippen molar-refractivity contribution in [1.82, 2.24) is 0 Å². The second kappa shape index (κ2) is 9.44. The number of hydrogen-bond donors (Lipinski definition) is 0. The maximum atomic E-state index is 9.82. The summed E-state index contributed by atoms with van der Waals surface area (Å²) < 4.78 is 122. The quantitative estimate of drug-likeness (QED) is 0.196. The van der Waals surface area contributed by atoms with E-state index in [4.69, 9.17) is 16.8 Å². The summed E-state index contributed by atoms with van der Waals surface area (Å²) in [6, 6.07) is 17.6. The Morgan fingerprint density at radius 2 is 1.00 bits per heavy atom. The SMILES string of the molecule is [2H]c1c([2H])c([2H])c2c(oc3c([2H])c([2H])c([2H])c(-c4c5ccccc5c(-c5c([2H])c(-c6ccccc6)c([2H])c6c([2H])c([2H])c([2H])c([2H])c56)c5ccccc45)c32)c1[2H]. The molecule has 0 saturated heterocycles. The normalized spacial score (nSPS) is 16.0. The van der Waals surface area contributed by atoms with Crippen molar-refractivity contribution in [3.63, 3.8) is 0 Å². The van der Waals surface area contributed by atoms with Gasteiger partial charge < -0.3 is 4.42 Å². The average Bonchev–Trinajstić information content (AvgIpc) is 3.61. The number of fused-ring (bicyclic) bond motifs is 6. The van der Waals surface area contributed by atoms with Gasteiger partial charge in [-0.3, -0.25) is 0 Å². The first-order valence-electron chi connectivity index (χ1n) is 20.2. The molecule has 1 heteroatoms. The summed E-state index contributed by atoms with van der Waals surface area (Å²) in [6.45, 7) is 0. The van der Waals surface area contributed by atoms with Gasteiger partial charge in [0.05, 0.1) is 17.8 Å². The van der Waals surface area contributed by atoms with Crippen molar-refractivity contribution in [2.24, 2.45) is 0 Å². The van der Waals surface area contributed by atoms with Crippen LogP contribution in [0.3, 0.4) is 0 Å². The van der Waals surface area contributed by atoms with E-state index in [1.165, 1.54) is 0 Å². The fourth-order valence-corrected chi connectivity index (χ4v) is 6.09. The van der Waals surface area contributed by atoms with E-state index in [-0.39, 0.29) is 67.5 Å². The van der Waals surface area contributed by atoms with Crippen LogP contribution in [-0.4, -0.2) is 0 Å². The minimum absolute atomic E-state index is 0.00105. The summed E-state index contributed by atoms with van der Waals surface area (Å²) in [4.78, 5) is 0. The molecule has 0 radical (unpaired) electrons. The van der Waals surface area contributed by atoms with Gasteiger partial charge in [0.25, 0.3) is 0 Å². The fraction of sp³-hybridized carbons (Fsp3) is 0. The number of hydrogen-bond acceptors (Lipinski definition) is 1. The van der Waals surface area contributed by atoms with Crippen LogP contribution in [0.15, 0.2) is 162 Å². The molecule has 0 saturated carbocycles. The monoisotopic (exact) mass is 559 g/mol. The largest absolute Gasteiger partial charge is 0.456 e. The van der Waals surface area contributed by atoms with Gasteiger partial charge in [0.1, 0.15) is 11.2 Å². The topological polar surface area (TPSA) is 13.1 Å². The Hall–Kier alpha value is -5.66. The highest BCUT2D eigenvalue weighted by Crippen LogP contribution is 2.48. The van der Waals surface area contributed by atoms with Crippen molar-refractivity contribution >= 4 is 54.3 Å². The van der Waals surface area contributed by atoms with E-state index in [0.717, 1.165) is 0 Å². The maximum absolute atomic E-state index is 9.82. The zero-order valence-electron chi connectivity index (χ0n) is 35.4. The van der Waals surface area contributed by atoms with Gasteiger partial charge in [0.2, 0.25) is 0 Å². The maximum Gasteiger partial charge on any atom is 0.136 e. The number of furan rings is 1. The molecule has 1 aromatic heterocycles. The molecule has 0 N–H and O–H groups in total. The molecular formula is C42H26O. The molecule has 0 bridgehead atoms. The van der Waals surface area contributed by atoms with E-state index in [2.05, 4.69) is 0 Å². The summed E-state index contributed by atoms with van der Waals surface area (Å²) in [5, 5.41) is 1.99. The Morgan fingerprint density at radius 1 is 0.419 bits per heavy atom. The van der Waals surface area contributed by atoms with Crippen LogP contribution in [0.4, 0.5) is 0 Å². The second-order valence-corrected chi connectivity index (χ2v) is 10.2. The van der Waals surface area contributed by atoms with Crippen molar-refractivity contribution in [3.8, 4) is 33.4 Å². The summed E-state index contributed by atoms with van der Waals surface area (Å²) in [6.07, 6.45) is 0. The molecule has 0 fully saturated rings. The lowest BCUT2D eigenvalue weighted by Crippen LogP contribution is -1.93. The minimum atomic E-state index is -0.531. The molecular weight excluding hydrogens is 520 g/mol. The van der Waals surface area contributed by atoms with E-state index in [1.807, 2.05) is 0 Å². The van der Waals surface area contributed by atoms with Crippen LogP contribution < -0.4 is 0 Å². The second-order valence-electron chi connectivity index (χ2n) is 10.2. The Bertz CT molecular complexity index is 3170. The zero-order chi connectivity index (χ0) is 39.6. The summed E-state index contributed by atoms with van der Waals surface area (Å²) in [7, 11) is 0. The first kappa shape index (κ1) is 14.5. The Labute approximate surface area is 267 Å². The third-order valence-corrected chi connectivity index (χ3v) is 7.88. The molecule has 0 aliphatic carbocycles. The smallest absolute Gasteiger partial charge is 0.136 e. The molecule has 0 spiro atoms. The van der Waals surface area contributed by atoms with Crippen molar-refractivity contribution in [3.05, 3.63) is 157 Å². The van der Waals surface area contributed by atoms with Gasteiger partial charge in [-0.15, -0.1) is 0 Å². The third kappa shape index (κ3) is 3.65. The number of benzene rings is 8. The molecule has 0 atom stereocenters. The molecule has 0 unspecified atom stereocenters. The van der Waals surface area contributed by atoms with Gasteiger partial charge in [-0.2, -0.15) is 0 Å². The van der Waals surface area contributed by atoms with Crippen LogP contribution in [0.25, 0.3) is 87.6 Å². The van der Waals surface area contributed by atoms with Gasteiger partial charge in [0, 0.05) is 10.8 Å². The number of rotatable bonds is 3. The number of para-hydroxylation sites is 1. The van der Waals surface area contributed by atoms with Crippen LogP contribution >= 0.6 is 0 Å². The van der Waals surface area contributed by atoms with E-state index in [9.17, 15) is 5.48 Å². The van der Waals surface area contributed by atoms with Gasteiger partial charge in [-0.1, -0.05) is 133 Å². The Kier molecular flexibility index (Phi) is 3.18. The third-order valence-electron chi connectivity index (χ3n) is 7.88. The van der Waals surface area contributed by atoms with Crippen molar-refractivity contribution in [2.45, 2.75) is 0 Å². The van der Waals surface area contributed by atoms with Crippen LogP contribution in [0.5, 0.6) is 0 Å². The van der Waals surface area contributed by atoms with E-state index in [1.54, 1.807) is 78.9 Å². The first-order chi connectivity index (χ1) is 26.8. The summed E-state index contributed by atoms with van der Waals surface area (Å²) in [5.74, 6) is 0. The molecule has 1 nitrogen and oxygen atoms in total. The lowest BCUT2D eigenvalue weighted by atomic mass is 9.83. The molecule has 1 heterocycles. The van der Waals surface area contributed by atoms with E-state index >= 15 is 0 Å². The lowest BCUT2D eigenvalue weighted by Gasteiger charge is -2.20. The zero-order valence-corrected chi connectivity index (χ0v) is 22.4. The van der Waals surface area contributed by atoms with Gasteiger partial charge in [-0.25, -0.2) is 0 Å². The Balaban J connectivity index is 1.55. The highest BCUT2D eigenvalue weighted by atomic mass is 16.3. The average molecular weight is 560 g/mol. The van der Waals surface area contributed by atoms with Crippen LogP contribution in [0, 0.1) is 0 Å². The molecule has 200 valence electrons. The van der Waals surface area contributed by atoms with Crippen molar-refractivity contribution in [1.29, 1.82) is 0 Å². The van der Waals surface area contributed by atoms with Crippen LogP contribution in [-0.2, 0) is 0 Å². The molecule has 0 aliphatic rings. The van der Waals surface area contributed by atoms with E-state index in [0.29, 0.717) is 38.2 Å². The minimum Gasteiger partial charge on any atom is -0.456 e. The van der Waals surface area contributed by atoms with Gasteiger partial charge in [-0.05, 0) is 89.9 Å². The van der Waals surface area contributed by atoms with Crippen LogP contribution in [0.2, 0.25) is 0 Å². The molecule has 0 amide bonds. The molecule has 0 aliphatic heterocycles. The molecule has 8 aromatic carbocycles. The first-order valence-corrected chi connectivity index (χ1v) is 13.7. The summed E-state index contributed by atoms with van der Waals surface area (Å²) >= 11 is 0. The van der Waals surface area contributed by atoms with Gasteiger partial charge in [0.15, 0.2) is 0 Å².